The lowest BCUT2D eigenvalue weighted by molar-refractivity contribution is -0.141. The van der Waals surface area contributed by atoms with Crippen LogP contribution in [-0.2, 0) is 4.79 Å². The molecule has 2 rings (SSSR count). The van der Waals surface area contributed by atoms with Gasteiger partial charge < -0.3 is 15.3 Å². The number of urea groups is 1. The van der Waals surface area contributed by atoms with Gasteiger partial charge in [-0.3, -0.25) is 4.79 Å². The molecule has 0 aromatic heterocycles. The van der Waals surface area contributed by atoms with Crippen molar-refractivity contribution < 1.29 is 14.7 Å². The predicted octanol–water partition coefficient (Wildman–Crippen LogP) is 2.46. The first kappa shape index (κ1) is 15.1. The van der Waals surface area contributed by atoms with Gasteiger partial charge in [0.05, 0.1) is 5.92 Å². The molecule has 0 aromatic carbocycles. The normalized spacial score (nSPS) is 33.7. The lowest BCUT2D eigenvalue weighted by Crippen LogP contribution is -2.47. The second-order valence-electron chi connectivity index (χ2n) is 6.52. The Morgan fingerprint density at radius 2 is 1.75 bits per heavy atom. The predicted molar refractivity (Wildman–Crippen MR) is 76.5 cm³/mol. The molecule has 2 saturated carbocycles. The Labute approximate surface area is 120 Å². The van der Waals surface area contributed by atoms with Crippen molar-refractivity contribution in [2.45, 2.75) is 64.0 Å². The number of carboxylic acids is 1. The Morgan fingerprint density at radius 1 is 1.10 bits per heavy atom. The van der Waals surface area contributed by atoms with Gasteiger partial charge >= 0.3 is 12.0 Å². The van der Waals surface area contributed by atoms with Gasteiger partial charge in [-0.1, -0.05) is 6.92 Å². The third-order valence-electron chi connectivity index (χ3n) is 4.96. The van der Waals surface area contributed by atoms with Gasteiger partial charge in [0, 0.05) is 19.1 Å². The molecule has 5 heteroatoms. The molecule has 2 aliphatic carbocycles. The van der Waals surface area contributed by atoms with Crippen molar-refractivity contribution in [2.75, 3.05) is 7.05 Å². The molecule has 0 spiro atoms. The molecular weight excluding hydrogens is 256 g/mol. The molecule has 0 saturated heterocycles. The first-order valence-electron chi connectivity index (χ1n) is 7.73. The van der Waals surface area contributed by atoms with E-state index in [-0.39, 0.29) is 18.0 Å². The van der Waals surface area contributed by atoms with Crippen LogP contribution in [0, 0.1) is 11.8 Å². The molecule has 2 amide bonds. The van der Waals surface area contributed by atoms with Gasteiger partial charge in [-0.05, 0) is 50.9 Å². The van der Waals surface area contributed by atoms with Crippen LogP contribution in [0.2, 0.25) is 0 Å². The number of carbonyl (C=O) groups excluding carboxylic acids is 1. The second-order valence-corrected chi connectivity index (χ2v) is 6.52. The summed E-state index contributed by atoms with van der Waals surface area (Å²) in [7, 11) is 1.86. The van der Waals surface area contributed by atoms with Crippen molar-refractivity contribution in [3.05, 3.63) is 0 Å². The second kappa shape index (κ2) is 6.46. The number of rotatable bonds is 3. The fourth-order valence-electron chi connectivity index (χ4n) is 3.41. The van der Waals surface area contributed by atoms with E-state index in [2.05, 4.69) is 12.2 Å². The fraction of sp³-hybridized carbons (Fsp3) is 0.867. The summed E-state index contributed by atoms with van der Waals surface area (Å²) in [4.78, 5) is 25.0. The first-order chi connectivity index (χ1) is 9.47. The molecule has 0 bridgehead atoms. The van der Waals surface area contributed by atoms with E-state index in [0.717, 1.165) is 25.2 Å². The van der Waals surface area contributed by atoms with Crippen molar-refractivity contribution in [3.63, 3.8) is 0 Å². The average Bonchev–Trinajstić information content (AvgIpc) is 2.87. The van der Waals surface area contributed by atoms with E-state index in [1.165, 1.54) is 12.8 Å². The number of hydrogen-bond acceptors (Lipinski definition) is 2. The van der Waals surface area contributed by atoms with Gasteiger partial charge in [-0.25, -0.2) is 4.79 Å². The molecule has 0 aromatic rings. The van der Waals surface area contributed by atoms with E-state index in [1.807, 2.05) is 11.9 Å². The van der Waals surface area contributed by atoms with Crippen molar-refractivity contribution in [3.8, 4) is 0 Å². The minimum atomic E-state index is -0.739. The van der Waals surface area contributed by atoms with Crippen LogP contribution in [0.4, 0.5) is 4.79 Å². The largest absolute Gasteiger partial charge is 0.481 e. The highest BCUT2D eigenvalue weighted by atomic mass is 16.4. The summed E-state index contributed by atoms with van der Waals surface area (Å²) in [6, 6.07) is 0.317. The summed E-state index contributed by atoms with van der Waals surface area (Å²) in [6.45, 7) is 2.26. The summed E-state index contributed by atoms with van der Waals surface area (Å²) in [5, 5.41) is 12.0. The molecule has 2 N–H and O–H groups in total. The van der Waals surface area contributed by atoms with E-state index in [0.29, 0.717) is 18.9 Å². The van der Waals surface area contributed by atoms with Gasteiger partial charge in [-0.15, -0.1) is 0 Å². The molecule has 114 valence electrons. The standard InChI is InChI=1S/C15H26N2O3/c1-10-3-7-13(8-4-10)17(2)15(20)16-12-6-5-11(9-12)14(18)19/h10-13H,3-9H2,1-2H3,(H,16,20)(H,18,19)/t10?,11-,12+,13?/m1/s1. The Bertz CT molecular complexity index is 364. The number of amides is 2. The Morgan fingerprint density at radius 3 is 2.30 bits per heavy atom. The van der Waals surface area contributed by atoms with Crippen LogP contribution in [0.5, 0.6) is 0 Å². The maximum absolute atomic E-state index is 12.2. The lowest BCUT2D eigenvalue weighted by atomic mass is 9.87. The van der Waals surface area contributed by atoms with E-state index in [4.69, 9.17) is 5.11 Å². The van der Waals surface area contributed by atoms with Crippen LogP contribution >= 0.6 is 0 Å². The molecule has 2 atom stereocenters. The maximum atomic E-state index is 12.2. The zero-order valence-electron chi connectivity index (χ0n) is 12.5. The molecule has 0 heterocycles. The van der Waals surface area contributed by atoms with Gasteiger partial charge in [0.2, 0.25) is 0 Å². The average molecular weight is 282 g/mol. The number of nitrogens with one attached hydrogen (secondary N) is 1. The molecule has 20 heavy (non-hydrogen) atoms. The van der Waals surface area contributed by atoms with Crippen LogP contribution in [0.25, 0.3) is 0 Å². The highest BCUT2D eigenvalue weighted by Gasteiger charge is 2.32. The van der Waals surface area contributed by atoms with Crippen molar-refractivity contribution in [1.82, 2.24) is 10.2 Å². The minimum Gasteiger partial charge on any atom is -0.481 e. The Kier molecular flexibility index (Phi) is 4.89. The topological polar surface area (TPSA) is 69.6 Å². The van der Waals surface area contributed by atoms with E-state index in [1.54, 1.807) is 0 Å². The van der Waals surface area contributed by atoms with Crippen molar-refractivity contribution >= 4 is 12.0 Å². The third-order valence-corrected chi connectivity index (χ3v) is 4.96. The van der Waals surface area contributed by atoms with Crippen LogP contribution in [0.3, 0.4) is 0 Å². The molecule has 2 fully saturated rings. The van der Waals surface area contributed by atoms with Crippen molar-refractivity contribution in [2.24, 2.45) is 11.8 Å². The maximum Gasteiger partial charge on any atom is 0.317 e. The summed E-state index contributed by atoms with van der Waals surface area (Å²) in [6.07, 6.45) is 6.54. The van der Waals surface area contributed by atoms with Crippen LogP contribution < -0.4 is 5.32 Å². The molecule has 0 aliphatic heterocycles. The zero-order valence-corrected chi connectivity index (χ0v) is 12.5. The third kappa shape index (κ3) is 3.64. The smallest absolute Gasteiger partial charge is 0.317 e. The molecule has 0 unspecified atom stereocenters. The number of aliphatic carboxylic acids is 1. The quantitative estimate of drug-likeness (QED) is 0.835. The minimum absolute atomic E-state index is 0.0218. The van der Waals surface area contributed by atoms with Gasteiger partial charge in [0.1, 0.15) is 0 Å². The van der Waals surface area contributed by atoms with Crippen LogP contribution in [0.15, 0.2) is 0 Å². The number of hydrogen-bond donors (Lipinski definition) is 2. The number of carbonyl (C=O) groups is 2. The Balaban J connectivity index is 1.78. The number of nitrogens with zero attached hydrogens (tertiary/aromatic N) is 1. The highest BCUT2D eigenvalue weighted by Crippen LogP contribution is 2.28. The van der Waals surface area contributed by atoms with E-state index < -0.39 is 5.97 Å². The van der Waals surface area contributed by atoms with Gasteiger partial charge in [0.25, 0.3) is 0 Å². The van der Waals surface area contributed by atoms with Crippen molar-refractivity contribution in [1.29, 1.82) is 0 Å². The summed E-state index contributed by atoms with van der Waals surface area (Å²) in [5.41, 5.74) is 0. The molecule has 5 nitrogen and oxygen atoms in total. The van der Waals surface area contributed by atoms with E-state index in [9.17, 15) is 9.59 Å². The summed E-state index contributed by atoms with van der Waals surface area (Å²) < 4.78 is 0. The fourth-order valence-corrected chi connectivity index (χ4v) is 3.41. The van der Waals surface area contributed by atoms with Gasteiger partial charge in [0.15, 0.2) is 0 Å². The summed E-state index contributed by atoms with van der Waals surface area (Å²) in [5.74, 6) is -0.258. The molecule has 0 radical (unpaired) electrons. The highest BCUT2D eigenvalue weighted by molar-refractivity contribution is 5.75. The zero-order chi connectivity index (χ0) is 14.7. The lowest BCUT2D eigenvalue weighted by Gasteiger charge is -2.34. The summed E-state index contributed by atoms with van der Waals surface area (Å²) >= 11 is 0. The van der Waals surface area contributed by atoms with Gasteiger partial charge in [-0.2, -0.15) is 0 Å². The van der Waals surface area contributed by atoms with Crippen LogP contribution in [-0.4, -0.2) is 41.1 Å². The SMILES string of the molecule is CC1CCC(N(C)C(=O)N[C@H]2CC[C@@H](C(=O)O)C2)CC1. The molecular formula is C15H26N2O3. The van der Waals surface area contributed by atoms with Crippen LogP contribution in [0.1, 0.15) is 51.9 Å². The molecule has 2 aliphatic rings. The van der Waals surface area contributed by atoms with E-state index >= 15 is 0 Å². The number of carboxylic acid groups (broad SMARTS) is 1. The Hall–Kier alpha value is -1.26. The first-order valence-corrected chi connectivity index (χ1v) is 7.73. The monoisotopic (exact) mass is 282 g/mol.